The highest BCUT2D eigenvalue weighted by atomic mass is 32.2. The molecule has 1 amide bonds. The van der Waals surface area contributed by atoms with E-state index in [1.807, 2.05) is 29.8 Å². The Hall–Kier alpha value is -2.08. The third kappa shape index (κ3) is 4.75. The van der Waals surface area contributed by atoms with Gasteiger partial charge in [-0.05, 0) is 44.6 Å². The number of allylic oxidation sites excluding steroid dienone is 1. The average molecular weight is 371 g/mol. The molecule has 0 spiro atoms. The summed E-state index contributed by atoms with van der Waals surface area (Å²) in [7, 11) is 1.94. The van der Waals surface area contributed by atoms with Crippen LogP contribution in [0.5, 0.6) is 0 Å². The van der Waals surface area contributed by atoms with E-state index in [1.165, 1.54) is 43.0 Å². The summed E-state index contributed by atoms with van der Waals surface area (Å²) in [6.45, 7) is 2.78. The van der Waals surface area contributed by atoms with Gasteiger partial charge < -0.3 is 9.88 Å². The molecule has 1 aliphatic rings. The summed E-state index contributed by atoms with van der Waals surface area (Å²) in [5.74, 6) is 1.24. The first kappa shape index (κ1) is 18.7. The second kappa shape index (κ2) is 9.03. The molecular weight excluding hydrogens is 344 g/mol. The second-order valence-corrected chi connectivity index (χ2v) is 7.62. The minimum absolute atomic E-state index is 0.0480. The molecule has 0 unspecified atom stereocenters. The molecule has 0 saturated heterocycles. The van der Waals surface area contributed by atoms with E-state index in [9.17, 15) is 4.79 Å². The molecule has 1 aromatic heterocycles. The predicted molar refractivity (Wildman–Crippen MR) is 106 cm³/mol. The first-order valence-electron chi connectivity index (χ1n) is 9.18. The SMILES string of the molecule is Cc1ccccc1-c1nnc(SCC(=O)NCCC2=CCCCC2)n1C. The fourth-order valence-corrected chi connectivity index (χ4v) is 3.92. The van der Waals surface area contributed by atoms with Crippen molar-refractivity contribution in [3.8, 4) is 11.4 Å². The van der Waals surface area contributed by atoms with Crippen molar-refractivity contribution in [3.63, 3.8) is 0 Å². The number of hydrogen-bond donors (Lipinski definition) is 1. The van der Waals surface area contributed by atoms with Crippen LogP contribution in [0.25, 0.3) is 11.4 Å². The van der Waals surface area contributed by atoms with Crippen LogP contribution in [0, 0.1) is 6.92 Å². The molecule has 0 atom stereocenters. The molecule has 0 bridgehead atoms. The molecule has 0 radical (unpaired) electrons. The van der Waals surface area contributed by atoms with Gasteiger partial charge in [0.05, 0.1) is 5.75 Å². The van der Waals surface area contributed by atoms with Crippen molar-refractivity contribution in [3.05, 3.63) is 41.5 Å². The first-order chi connectivity index (χ1) is 12.6. The minimum Gasteiger partial charge on any atom is -0.355 e. The number of rotatable bonds is 7. The lowest BCUT2D eigenvalue weighted by Gasteiger charge is -2.12. The summed E-state index contributed by atoms with van der Waals surface area (Å²) in [4.78, 5) is 12.1. The van der Waals surface area contributed by atoms with Gasteiger partial charge in [0.2, 0.25) is 5.91 Å². The van der Waals surface area contributed by atoms with E-state index in [2.05, 4.69) is 34.6 Å². The van der Waals surface area contributed by atoms with E-state index in [4.69, 9.17) is 0 Å². The van der Waals surface area contributed by atoms with Gasteiger partial charge in [-0.1, -0.05) is 47.7 Å². The summed E-state index contributed by atoms with van der Waals surface area (Å²) in [6, 6.07) is 8.12. The van der Waals surface area contributed by atoms with Gasteiger partial charge in [-0.25, -0.2) is 0 Å². The molecule has 1 heterocycles. The van der Waals surface area contributed by atoms with E-state index < -0.39 is 0 Å². The number of carbonyl (C=O) groups is 1. The summed E-state index contributed by atoms with van der Waals surface area (Å²) >= 11 is 1.43. The summed E-state index contributed by atoms with van der Waals surface area (Å²) in [5, 5.41) is 12.3. The van der Waals surface area contributed by atoms with Gasteiger partial charge in [-0.3, -0.25) is 4.79 Å². The number of benzene rings is 1. The number of aryl methyl sites for hydroxylation is 1. The average Bonchev–Trinajstić information content (AvgIpc) is 3.02. The number of nitrogens with zero attached hydrogens (tertiary/aromatic N) is 3. The molecule has 5 nitrogen and oxygen atoms in total. The van der Waals surface area contributed by atoms with Crippen LogP contribution in [0.15, 0.2) is 41.1 Å². The van der Waals surface area contributed by atoms with Crippen LogP contribution in [0.3, 0.4) is 0 Å². The van der Waals surface area contributed by atoms with Crippen LogP contribution in [0.2, 0.25) is 0 Å². The molecule has 1 aromatic carbocycles. The predicted octanol–water partition coefficient (Wildman–Crippen LogP) is 3.89. The van der Waals surface area contributed by atoms with Gasteiger partial charge in [0.1, 0.15) is 0 Å². The number of carbonyl (C=O) groups excluding carboxylic acids is 1. The minimum atomic E-state index is 0.0480. The van der Waals surface area contributed by atoms with E-state index in [0.29, 0.717) is 5.75 Å². The lowest BCUT2D eigenvalue weighted by Crippen LogP contribution is -2.26. The van der Waals surface area contributed by atoms with Crippen LogP contribution in [0.4, 0.5) is 0 Å². The molecule has 2 aromatic rings. The van der Waals surface area contributed by atoms with Crippen LogP contribution in [0.1, 0.15) is 37.7 Å². The fourth-order valence-electron chi connectivity index (χ4n) is 3.17. The van der Waals surface area contributed by atoms with Crippen molar-refractivity contribution in [2.24, 2.45) is 7.05 Å². The van der Waals surface area contributed by atoms with Crippen LogP contribution < -0.4 is 5.32 Å². The summed E-state index contributed by atoms with van der Waals surface area (Å²) < 4.78 is 1.95. The number of thioether (sulfide) groups is 1. The third-order valence-corrected chi connectivity index (χ3v) is 5.73. The lowest BCUT2D eigenvalue weighted by atomic mass is 9.97. The molecule has 1 N–H and O–H groups in total. The highest BCUT2D eigenvalue weighted by molar-refractivity contribution is 7.99. The Morgan fingerprint density at radius 3 is 2.88 bits per heavy atom. The zero-order valence-electron chi connectivity index (χ0n) is 15.5. The first-order valence-corrected chi connectivity index (χ1v) is 10.2. The third-order valence-electron chi connectivity index (χ3n) is 4.71. The quantitative estimate of drug-likeness (QED) is 0.593. The van der Waals surface area contributed by atoms with Gasteiger partial charge in [0.25, 0.3) is 0 Å². The maximum Gasteiger partial charge on any atom is 0.230 e. The standard InChI is InChI=1S/C20H26N4OS/c1-15-8-6-7-11-17(15)19-22-23-20(24(19)2)26-14-18(25)21-13-12-16-9-4-3-5-10-16/h6-9,11H,3-5,10,12-14H2,1-2H3,(H,21,25). The molecule has 6 heteroatoms. The van der Waals surface area contributed by atoms with E-state index in [0.717, 1.165) is 35.1 Å². The molecular formula is C20H26N4OS. The maximum absolute atomic E-state index is 12.1. The van der Waals surface area contributed by atoms with Gasteiger partial charge >= 0.3 is 0 Å². The number of nitrogens with one attached hydrogen (secondary N) is 1. The monoisotopic (exact) mass is 370 g/mol. The lowest BCUT2D eigenvalue weighted by molar-refractivity contribution is -0.118. The van der Waals surface area contributed by atoms with Crippen molar-refractivity contribution in [2.75, 3.05) is 12.3 Å². The van der Waals surface area contributed by atoms with Gasteiger partial charge in [-0.15, -0.1) is 10.2 Å². The topological polar surface area (TPSA) is 59.8 Å². The fraction of sp³-hybridized carbons (Fsp3) is 0.450. The number of amides is 1. The van der Waals surface area contributed by atoms with Crippen molar-refractivity contribution >= 4 is 17.7 Å². The molecule has 0 aliphatic heterocycles. The van der Waals surface area contributed by atoms with Gasteiger partial charge in [0, 0.05) is 19.2 Å². The van der Waals surface area contributed by atoms with Crippen molar-refractivity contribution in [2.45, 2.75) is 44.2 Å². The van der Waals surface area contributed by atoms with E-state index >= 15 is 0 Å². The Bertz CT molecular complexity index is 797. The van der Waals surface area contributed by atoms with Crippen molar-refractivity contribution < 1.29 is 4.79 Å². The number of hydrogen-bond acceptors (Lipinski definition) is 4. The van der Waals surface area contributed by atoms with Gasteiger partial charge in [-0.2, -0.15) is 0 Å². The second-order valence-electron chi connectivity index (χ2n) is 6.68. The van der Waals surface area contributed by atoms with Gasteiger partial charge in [0.15, 0.2) is 11.0 Å². The molecule has 138 valence electrons. The van der Waals surface area contributed by atoms with Crippen molar-refractivity contribution in [1.82, 2.24) is 20.1 Å². The molecule has 26 heavy (non-hydrogen) atoms. The largest absolute Gasteiger partial charge is 0.355 e. The summed E-state index contributed by atoms with van der Waals surface area (Å²) in [5.41, 5.74) is 3.72. The smallest absolute Gasteiger partial charge is 0.230 e. The molecule has 1 aliphatic carbocycles. The van der Waals surface area contributed by atoms with Crippen LogP contribution in [-0.2, 0) is 11.8 Å². The highest BCUT2D eigenvalue weighted by Gasteiger charge is 2.14. The summed E-state index contributed by atoms with van der Waals surface area (Å²) in [6.07, 6.45) is 8.26. The van der Waals surface area contributed by atoms with E-state index in [-0.39, 0.29) is 5.91 Å². The van der Waals surface area contributed by atoms with Crippen LogP contribution >= 0.6 is 11.8 Å². The van der Waals surface area contributed by atoms with Crippen LogP contribution in [-0.4, -0.2) is 33.0 Å². The Kier molecular flexibility index (Phi) is 6.50. The highest BCUT2D eigenvalue weighted by Crippen LogP contribution is 2.25. The Morgan fingerprint density at radius 2 is 2.12 bits per heavy atom. The Balaban J connectivity index is 1.49. The zero-order valence-corrected chi connectivity index (χ0v) is 16.3. The maximum atomic E-state index is 12.1. The molecule has 0 saturated carbocycles. The zero-order chi connectivity index (χ0) is 18.4. The Morgan fingerprint density at radius 1 is 1.27 bits per heavy atom. The number of aromatic nitrogens is 3. The molecule has 3 rings (SSSR count). The van der Waals surface area contributed by atoms with Crippen molar-refractivity contribution in [1.29, 1.82) is 0 Å². The van der Waals surface area contributed by atoms with E-state index in [1.54, 1.807) is 0 Å². The Labute approximate surface area is 159 Å². The molecule has 0 fully saturated rings. The normalized spacial score (nSPS) is 14.2.